The lowest BCUT2D eigenvalue weighted by Gasteiger charge is -2.04. The first-order chi connectivity index (χ1) is 8.66. The molecule has 3 nitrogen and oxygen atoms in total. The van der Waals surface area contributed by atoms with Crippen LogP contribution in [0.15, 0.2) is 40.8 Å². The van der Waals surface area contributed by atoms with Gasteiger partial charge in [-0.25, -0.2) is 0 Å². The summed E-state index contributed by atoms with van der Waals surface area (Å²) in [4.78, 5) is 0. The number of aliphatic hydroxyl groups is 1. The number of aliphatic hydroxyl groups excluding tert-OH is 1. The maximum Gasteiger partial charge on any atom is 0.135 e. The van der Waals surface area contributed by atoms with E-state index in [4.69, 9.17) is 21.1 Å². The molecular formula is C14H16ClNO2. The first-order valence-electron chi connectivity index (χ1n) is 5.89. The fourth-order valence-corrected chi connectivity index (χ4v) is 1.91. The van der Waals surface area contributed by atoms with Gasteiger partial charge in [0.2, 0.25) is 0 Å². The van der Waals surface area contributed by atoms with Crippen molar-refractivity contribution in [3.63, 3.8) is 0 Å². The van der Waals surface area contributed by atoms with E-state index in [0.717, 1.165) is 17.1 Å². The van der Waals surface area contributed by atoms with Crippen molar-refractivity contribution in [2.75, 3.05) is 6.54 Å². The van der Waals surface area contributed by atoms with Crippen LogP contribution >= 0.6 is 11.6 Å². The summed E-state index contributed by atoms with van der Waals surface area (Å²) in [6.45, 7) is 2.88. The van der Waals surface area contributed by atoms with Crippen molar-refractivity contribution in [3.8, 4) is 11.3 Å². The third-order valence-corrected chi connectivity index (χ3v) is 2.87. The zero-order valence-electron chi connectivity index (χ0n) is 10.2. The summed E-state index contributed by atoms with van der Waals surface area (Å²) in [5.74, 6) is 1.58. The molecule has 96 valence electrons. The topological polar surface area (TPSA) is 45.4 Å². The predicted molar refractivity (Wildman–Crippen MR) is 72.5 cm³/mol. The van der Waals surface area contributed by atoms with Crippen LogP contribution in [-0.4, -0.2) is 17.8 Å². The second kappa shape index (κ2) is 6.05. The van der Waals surface area contributed by atoms with Gasteiger partial charge in [-0.05, 0) is 31.2 Å². The summed E-state index contributed by atoms with van der Waals surface area (Å²) in [5, 5.41) is 12.9. The Bertz CT molecular complexity index is 508. The van der Waals surface area contributed by atoms with E-state index in [-0.39, 0.29) is 6.10 Å². The fourth-order valence-electron chi connectivity index (χ4n) is 1.68. The molecule has 0 aliphatic heterocycles. The molecule has 2 N–H and O–H groups in total. The molecule has 1 atom stereocenters. The van der Waals surface area contributed by atoms with Gasteiger partial charge in [0, 0.05) is 12.1 Å². The molecule has 18 heavy (non-hydrogen) atoms. The van der Waals surface area contributed by atoms with Crippen molar-refractivity contribution >= 4 is 11.6 Å². The molecule has 4 heteroatoms. The van der Waals surface area contributed by atoms with Gasteiger partial charge in [0.1, 0.15) is 11.5 Å². The molecular weight excluding hydrogens is 250 g/mol. The fraction of sp³-hybridized carbons (Fsp3) is 0.286. The molecule has 1 heterocycles. The first-order valence-corrected chi connectivity index (χ1v) is 6.27. The predicted octanol–water partition coefficient (Wildman–Crippen LogP) is 3.07. The summed E-state index contributed by atoms with van der Waals surface area (Å²) in [5.41, 5.74) is 0.890. The van der Waals surface area contributed by atoms with Crippen molar-refractivity contribution in [2.45, 2.75) is 19.6 Å². The van der Waals surface area contributed by atoms with Gasteiger partial charge < -0.3 is 14.8 Å². The zero-order chi connectivity index (χ0) is 13.0. The highest BCUT2D eigenvalue weighted by molar-refractivity contribution is 6.33. The van der Waals surface area contributed by atoms with Crippen molar-refractivity contribution in [2.24, 2.45) is 0 Å². The van der Waals surface area contributed by atoms with Crippen LogP contribution in [0.25, 0.3) is 11.3 Å². The maximum atomic E-state index is 9.14. The van der Waals surface area contributed by atoms with Gasteiger partial charge in [0.15, 0.2) is 0 Å². The smallest absolute Gasteiger partial charge is 0.135 e. The number of benzene rings is 1. The van der Waals surface area contributed by atoms with E-state index in [0.29, 0.717) is 18.1 Å². The Kier molecular flexibility index (Phi) is 4.42. The van der Waals surface area contributed by atoms with Crippen LogP contribution in [0.4, 0.5) is 0 Å². The number of hydrogen-bond donors (Lipinski definition) is 2. The lowest BCUT2D eigenvalue weighted by molar-refractivity contribution is 0.190. The molecule has 0 aliphatic carbocycles. The summed E-state index contributed by atoms with van der Waals surface area (Å²) >= 11 is 6.11. The van der Waals surface area contributed by atoms with Gasteiger partial charge in [-0.1, -0.05) is 23.7 Å². The highest BCUT2D eigenvalue weighted by Gasteiger charge is 2.07. The van der Waals surface area contributed by atoms with E-state index in [1.165, 1.54) is 0 Å². The minimum Gasteiger partial charge on any atom is -0.460 e. The number of furan rings is 1. The summed E-state index contributed by atoms with van der Waals surface area (Å²) in [6.07, 6.45) is -0.358. The molecule has 0 radical (unpaired) electrons. The molecule has 0 fully saturated rings. The molecule has 2 aromatic rings. The van der Waals surface area contributed by atoms with Crippen molar-refractivity contribution in [1.82, 2.24) is 5.32 Å². The monoisotopic (exact) mass is 265 g/mol. The third kappa shape index (κ3) is 3.35. The lowest BCUT2D eigenvalue weighted by Crippen LogP contribution is -2.23. The van der Waals surface area contributed by atoms with Crippen molar-refractivity contribution in [3.05, 3.63) is 47.2 Å². The lowest BCUT2D eigenvalue weighted by atomic mass is 10.2. The van der Waals surface area contributed by atoms with E-state index < -0.39 is 0 Å². The van der Waals surface area contributed by atoms with Gasteiger partial charge >= 0.3 is 0 Å². The van der Waals surface area contributed by atoms with Gasteiger partial charge in [-0.3, -0.25) is 0 Å². The molecule has 0 saturated carbocycles. The van der Waals surface area contributed by atoms with E-state index in [9.17, 15) is 0 Å². The standard InChI is InChI=1S/C14H16ClNO2/c1-10(17)8-16-9-11-6-7-14(18-11)12-4-2-3-5-13(12)15/h2-7,10,16-17H,8-9H2,1H3. The number of hydrogen-bond acceptors (Lipinski definition) is 3. The Labute approximate surface area is 111 Å². The number of nitrogens with one attached hydrogen (secondary N) is 1. The molecule has 1 aromatic carbocycles. The van der Waals surface area contributed by atoms with Crippen molar-refractivity contribution < 1.29 is 9.52 Å². The third-order valence-electron chi connectivity index (χ3n) is 2.54. The van der Waals surface area contributed by atoms with Crippen LogP contribution in [0, 0.1) is 0 Å². The quantitative estimate of drug-likeness (QED) is 0.873. The molecule has 2 rings (SSSR count). The van der Waals surface area contributed by atoms with Crippen LogP contribution in [0.2, 0.25) is 5.02 Å². The Balaban J connectivity index is 2.04. The minimum absolute atomic E-state index is 0.358. The largest absolute Gasteiger partial charge is 0.460 e. The normalized spacial score (nSPS) is 12.6. The van der Waals surface area contributed by atoms with Crippen LogP contribution in [0.3, 0.4) is 0 Å². The highest BCUT2D eigenvalue weighted by atomic mass is 35.5. The van der Waals surface area contributed by atoms with E-state index in [1.807, 2.05) is 36.4 Å². The van der Waals surface area contributed by atoms with E-state index in [1.54, 1.807) is 6.92 Å². The molecule has 0 spiro atoms. The second-order valence-corrected chi connectivity index (χ2v) is 4.63. The minimum atomic E-state index is -0.358. The summed E-state index contributed by atoms with van der Waals surface area (Å²) < 4.78 is 5.70. The van der Waals surface area contributed by atoms with E-state index in [2.05, 4.69) is 5.32 Å². The van der Waals surface area contributed by atoms with Crippen LogP contribution in [0.5, 0.6) is 0 Å². The maximum absolute atomic E-state index is 9.14. The van der Waals surface area contributed by atoms with Crippen LogP contribution in [-0.2, 0) is 6.54 Å². The summed E-state index contributed by atoms with van der Waals surface area (Å²) in [7, 11) is 0. The Morgan fingerprint density at radius 2 is 2.06 bits per heavy atom. The molecule has 0 saturated heterocycles. The van der Waals surface area contributed by atoms with Gasteiger partial charge in [-0.15, -0.1) is 0 Å². The average Bonchev–Trinajstić information content (AvgIpc) is 2.78. The zero-order valence-corrected chi connectivity index (χ0v) is 10.9. The molecule has 1 unspecified atom stereocenters. The summed E-state index contributed by atoms with van der Waals surface area (Å²) in [6, 6.07) is 11.4. The SMILES string of the molecule is CC(O)CNCc1ccc(-c2ccccc2Cl)o1. The first kappa shape index (κ1) is 13.1. The molecule has 0 amide bonds. The molecule has 0 aliphatic rings. The average molecular weight is 266 g/mol. The Hall–Kier alpha value is -1.29. The van der Waals surface area contributed by atoms with Gasteiger partial charge in [0.05, 0.1) is 17.7 Å². The Morgan fingerprint density at radius 1 is 1.28 bits per heavy atom. The highest BCUT2D eigenvalue weighted by Crippen LogP contribution is 2.28. The van der Waals surface area contributed by atoms with Crippen LogP contribution < -0.4 is 5.32 Å². The second-order valence-electron chi connectivity index (χ2n) is 4.23. The van der Waals surface area contributed by atoms with Gasteiger partial charge in [0.25, 0.3) is 0 Å². The van der Waals surface area contributed by atoms with Crippen molar-refractivity contribution in [1.29, 1.82) is 0 Å². The van der Waals surface area contributed by atoms with Gasteiger partial charge in [-0.2, -0.15) is 0 Å². The van der Waals surface area contributed by atoms with E-state index >= 15 is 0 Å². The Morgan fingerprint density at radius 3 is 2.78 bits per heavy atom. The number of halogens is 1. The van der Waals surface area contributed by atoms with Crippen LogP contribution in [0.1, 0.15) is 12.7 Å². The number of rotatable bonds is 5. The molecule has 0 bridgehead atoms. The molecule has 1 aromatic heterocycles.